The predicted molar refractivity (Wildman–Crippen MR) is 112 cm³/mol. The van der Waals surface area contributed by atoms with Gasteiger partial charge < -0.3 is 10.6 Å². The Morgan fingerprint density at radius 1 is 0.966 bits per heavy atom. The van der Waals surface area contributed by atoms with Gasteiger partial charge in [0.05, 0.1) is 18.4 Å². The molecule has 7 heteroatoms. The molecular formula is C22H19N5O2. The van der Waals surface area contributed by atoms with Crippen LogP contribution in [0.3, 0.4) is 0 Å². The summed E-state index contributed by atoms with van der Waals surface area (Å²) in [7, 11) is 0. The van der Waals surface area contributed by atoms with Gasteiger partial charge in [-0.25, -0.2) is 9.50 Å². The number of rotatable bonds is 6. The Kier molecular flexibility index (Phi) is 5.03. The van der Waals surface area contributed by atoms with Crippen LogP contribution in [-0.2, 0) is 4.79 Å². The van der Waals surface area contributed by atoms with Gasteiger partial charge in [-0.1, -0.05) is 30.3 Å². The van der Waals surface area contributed by atoms with Crippen molar-refractivity contribution in [3.63, 3.8) is 0 Å². The van der Waals surface area contributed by atoms with Crippen LogP contribution >= 0.6 is 0 Å². The Bertz CT molecular complexity index is 1170. The number of nitrogens with one attached hydrogen (secondary N) is 2. The lowest BCUT2D eigenvalue weighted by Crippen LogP contribution is -2.12. The molecule has 0 spiro atoms. The fraction of sp³-hybridized carbons (Fsp3) is 0.0909. The maximum atomic E-state index is 12.8. The molecule has 2 aromatic heterocycles. The Morgan fingerprint density at radius 3 is 2.41 bits per heavy atom. The van der Waals surface area contributed by atoms with E-state index < -0.39 is 0 Å². The number of Topliss-reactive ketones (excluding diaryl/α,β-unsaturated/α-hetero) is 1. The SMILES string of the molecule is CC(=O)CNc1ccc(NC(=O)c2cnn3c(-c4ccccc4)ccnc23)cc1. The first-order valence-electron chi connectivity index (χ1n) is 9.15. The van der Waals surface area contributed by atoms with Crippen LogP contribution in [0.25, 0.3) is 16.9 Å². The van der Waals surface area contributed by atoms with Crippen molar-refractivity contribution in [3.8, 4) is 11.3 Å². The second kappa shape index (κ2) is 7.93. The average Bonchev–Trinajstić information content (AvgIpc) is 3.18. The van der Waals surface area contributed by atoms with Crippen molar-refractivity contribution >= 4 is 28.7 Å². The molecule has 1 amide bonds. The van der Waals surface area contributed by atoms with Crippen LogP contribution in [0.15, 0.2) is 73.1 Å². The van der Waals surface area contributed by atoms with E-state index in [1.54, 1.807) is 35.0 Å². The molecule has 4 aromatic rings. The molecule has 0 radical (unpaired) electrons. The number of benzene rings is 2. The largest absolute Gasteiger partial charge is 0.378 e. The van der Waals surface area contributed by atoms with Gasteiger partial charge in [-0.05, 0) is 37.3 Å². The quantitative estimate of drug-likeness (QED) is 0.529. The van der Waals surface area contributed by atoms with E-state index in [9.17, 15) is 9.59 Å². The molecule has 29 heavy (non-hydrogen) atoms. The maximum absolute atomic E-state index is 12.8. The molecule has 7 nitrogen and oxygen atoms in total. The third-order valence-corrected chi connectivity index (χ3v) is 4.40. The molecule has 0 atom stereocenters. The van der Waals surface area contributed by atoms with Gasteiger partial charge in [0, 0.05) is 23.1 Å². The minimum Gasteiger partial charge on any atom is -0.378 e. The number of carbonyl (C=O) groups is 2. The highest BCUT2D eigenvalue weighted by atomic mass is 16.1. The third kappa shape index (κ3) is 3.98. The Morgan fingerprint density at radius 2 is 1.69 bits per heavy atom. The predicted octanol–water partition coefficient (Wildman–Crippen LogP) is 3.65. The molecule has 0 fully saturated rings. The molecule has 2 heterocycles. The van der Waals surface area contributed by atoms with Gasteiger partial charge in [-0.3, -0.25) is 9.59 Å². The summed E-state index contributed by atoms with van der Waals surface area (Å²) in [5.41, 5.74) is 4.18. The topological polar surface area (TPSA) is 88.4 Å². The van der Waals surface area contributed by atoms with Crippen molar-refractivity contribution in [3.05, 3.63) is 78.6 Å². The van der Waals surface area contributed by atoms with Gasteiger partial charge >= 0.3 is 0 Å². The molecule has 0 aliphatic heterocycles. The van der Waals surface area contributed by atoms with Crippen molar-refractivity contribution in [2.24, 2.45) is 0 Å². The lowest BCUT2D eigenvalue weighted by Gasteiger charge is -2.07. The zero-order valence-corrected chi connectivity index (χ0v) is 15.8. The minimum atomic E-state index is -0.290. The van der Waals surface area contributed by atoms with Crippen molar-refractivity contribution in [1.82, 2.24) is 14.6 Å². The van der Waals surface area contributed by atoms with Crippen LogP contribution in [0.5, 0.6) is 0 Å². The van der Waals surface area contributed by atoms with Crippen LogP contribution in [0.4, 0.5) is 11.4 Å². The number of ketones is 1. The first-order chi connectivity index (χ1) is 14.1. The van der Waals surface area contributed by atoms with Gasteiger partial charge in [-0.15, -0.1) is 0 Å². The lowest BCUT2D eigenvalue weighted by molar-refractivity contribution is -0.115. The minimum absolute atomic E-state index is 0.0536. The molecule has 144 valence electrons. The molecule has 0 saturated heterocycles. The van der Waals surface area contributed by atoms with E-state index >= 15 is 0 Å². The summed E-state index contributed by atoms with van der Waals surface area (Å²) < 4.78 is 1.67. The highest BCUT2D eigenvalue weighted by Crippen LogP contribution is 2.21. The van der Waals surface area contributed by atoms with Gasteiger partial charge in [0.25, 0.3) is 5.91 Å². The van der Waals surface area contributed by atoms with Gasteiger partial charge in [-0.2, -0.15) is 5.10 Å². The summed E-state index contributed by atoms with van der Waals surface area (Å²) in [6.07, 6.45) is 3.19. The molecule has 0 saturated carbocycles. The Labute approximate surface area is 167 Å². The fourth-order valence-corrected chi connectivity index (χ4v) is 2.98. The molecular weight excluding hydrogens is 366 g/mol. The third-order valence-electron chi connectivity index (χ3n) is 4.40. The number of carbonyl (C=O) groups excluding carboxylic acids is 2. The normalized spacial score (nSPS) is 10.7. The van der Waals surface area contributed by atoms with E-state index in [-0.39, 0.29) is 18.2 Å². The van der Waals surface area contributed by atoms with E-state index in [2.05, 4.69) is 20.7 Å². The summed E-state index contributed by atoms with van der Waals surface area (Å²) >= 11 is 0. The van der Waals surface area contributed by atoms with Gasteiger partial charge in [0.2, 0.25) is 0 Å². The van der Waals surface area contributed by atoms with Crippen LogP contribution in [0.1, 0.15) is 17.3 Å². The van der Waals surface area contributed by atoms with Crippen molar-refractivity contribution in [1.29, 1.82) is 0 Å². The van der Waals surface area contributed by atoms with Crippen LogP contribution in [-0.4, -0.2) is 32.8 Å². The second-order valence-electron chi connectivity index (χ2n) is 6.58. The first-order valence-corrected chi connectivity index (χ1v) is 9.15. The monoisotopic (exact) mass is 385 g/mol. The number of hydrogen-bond donors (Lipinski definition) is 2. The van der Waals surface area contributed by atoms with E-state index in [0.29, 0.717) is 16.9 Å². The smallest absolute Gasteiger partial charge is 0.261 e. The van der Waals surface area contributed by atoms with E-state index in [0.717, 1.165) is 16.9 Å². The summed E-state index contributed by atoms with van der Waals surface area (Å²) in [5.74, 6) is -0.236. The molecule has 0 unspecified atom stereocenters. The second-order valence-corrected chi connectivity index (χ2v) is 6.58. The highest BCUT2D eigenvalue weighted by Gasteiger charge is 2.16. The highest BCUT2D eigenvalue weighted by molar-refractivity contribution is 6.08. The maximum Gasteiger partial charge on any atom is 0.261 e. The molecule has 0 aliphatic carbocycles. The standard InChI is InChI=1S/C22H19N5O2/c1-15(28)13-24-17-7-9-18(10-8-17)26-22(29)19-14-25-27-20(11-12-23-21(19)27)16-5-3-2-4-6-16/h2-12,14,24H,13H2,1H3,(H,26,29). The van der Waals surface area contributed by atoms with Crippen LogP contribution in [0, 0.1) is 0 Å². The number of anilines is 2. The van der Waals surface area contributed by atoms with Crippen molar-refractivity contribution in [2.45, 2.75) is 6.92 Å². The molecule has 2 aromatic carbocycles. The zero-order chi connectivity index (χ0) is 20.2. The zero-order valence-electron chi connectivity index (χ0n) is 15.8. The first kappa shape index (κ1) is 18.4. The molecule has 2 N–H and O–H groups in total. The summed E-state index contributed by atoms with van der Waals surface area (Å²) in [4.78, 5) is 28.2. The summed E-state index contributed by atoms with van der Waals surface area (Å²) in [5, 5.41) is 10.2. The Hall–Kier alpha value is -4.00. The number of nitrogens with zero attached hydrogens (tertiary/aromatic N) is 3. The lowest BCUT2D eigenvalue weighted by atomic mass is 10.1. The molecule has 0 aliphatic rings. The average molecular weight is 385 g/mol. The number of amides is 1. The van der Waals surface area contributed by atoms with Gasteiger partial charge in [0.15, 0.2) is 5.65 Å². The van der Waals surface area contributed by atoms with Gasteiger partial charge in [0.1, 0.15) is 11.3 Å². The van der Waals surface area contributed by atoms with Crippen LogP contribution in [0.2, 0.25) is 0 Å². The van der Waals surface area contributed by atoms with Crippen molar-refractivity contribution in [2.75, 3.05) is 17.2 Å². The Balaban J connectivity index is 1.56. The van der Waals surface area contributed by atoms with E-state index in [4.69, 9.17) is 0 Å². The van der Waals surface area contributed by atoms with E-state index in [1.165, 1.54) is 13.1 Å². The van der Waals surface area contributed by atoms with Crippen LogP contribution < -0.4 is 10.6 Å². The number of hydrogen-bond acceptors (Lipinski definition) is 5. The number of fused-ring (bicyclic) bond motifs is 1. The van der Waals surface area contributed by atoms with E-state index in [1.807, 2.05) is 36.4 Å². The van der Waals surface area contributed by atoms with Crippen molar-refractivity contribution < 1.29 is 9.59 Å². The molecule has 0 bridgehead atoms. The summed E-state index contributed by atoms with van der Waals surface area (Å²) in [6, 6.07) is 18.8. The molecule has 4 rings (SSSR count). The fourth-order valence-electron chi connectivity index (χ4n) is 2.98. The number of aromatic nitrogens is 3. The summed E-state index contributed by atoms with van der Waals surface area (Å²) in [6.45, 7) is 1.79.